The topological polar surface area (TPSA) is 69.0 Å². The fourth-order valence-corrected chi connectivity index (χ4v) is 2.63. The molecule has 0 aromatic carbocycles. The van der Waals surface area contributed by atoms with Crippen LogP contribution in [0.5, 0.6) is 0 Å². The molecule has 7 heteroatoms. The average molecular weight is 370 g/mol. The quantitative estimate of drug-likeness (QED) is 0.747. The standard InChI is InChI=1S/C10H15IN2O3S/c1-10(2,3)17(15,16)5-4-13-7-12-6-8(11)9(13)14/h6-7H,4-5H2,1-3H3. The van der Waals surface area contributed by atoms with E-state index in [-0.39, 0.29) is 17.9 Å². The van der Waals surface area contributed by atoms with Gasteiger partial charge in [-0.15, -0.1) is 0 Å². The van der Waals surface area contributed by atoms with Gasteiger partial charge in [0.25, 0.3) is 5.56 Å². The van der Waals surface area contributed by atoms with Crippen LogP contribution in [0.2, 0.25) is 0 Å². The number of sulfone groups is 1. The fraction of sp³-hybridized carbons (Fsp3) is 0.600. The summed E-state index contributed by atoms with van der Waals surface area (Å²) >= 11 is 1.88. The van der Waals surface area contributed by atoms with Crippen molar-refractivity contribution in [2.75, 3.05) is 5.75 Å². The van der Waals surface area contributed by atoms with E-state index in [9.17, 15) is 13.2 Å². The first-order valence-corrected chi connectivity index (χ1v) is 7.80. The molecule has 1 rings (SSSR count). The number of halogens is 1. The minimum absolute atomic E-state index is 0.0574. The van der Waals surface area contributed by atoms with E-state index in [1.54, 1.807) is 20.8 Å². The van der Waals surface area contributed by atoms with Crippen molar-refractivity contribution < 1.29 is 8.42 Å². The molecule has 1 heterocycles. The molecular weight excluding hydrogens is 355 g/mol. The van der Waals surface area contributed by atoms with Gasteiger partial charge in [-0.2, -0.15) is 0 Å². The van der Waals surface area contributed by atoms with E-state index >= 15 is 0 Å². The van der Waals surface area contributed by atoms with E-state index in [1.165, 1.54) is 17.1 Å². The minimum atomic E-state index is -3.22. The molecule has 17 heavy (non-hydrogen) atoms. The van der Waals surface area contributed by atoms with Crippen LogP contribution >= 0.6 is 22.6 Å². The summed E-state index contributed by atoms with van der Waals surface area (Å²) in [4.78, 5) is 15.5. The van der Waals surface area contributed by atoms with Crippen molar-refractivity contribution in [1.82, 2.24) is 9.55 Å². The number of hydrogen-bond acceptors (Lipinski definition) is 4. The Morgan fingerprint density at radius 1 is 1.41 bits per heavy atom. The van der Waals surface area contributed by atoms with Gasteiger partial charge in [0.1, 0.15) is 0 Å². The van der Waals surface area contributed by atoms with Gasteiger partial charge in [0, 0.05) is 12.7 Å². The van der Waals surface area contributed by atoms with Crippen molar-refractivity contribution >= 4 is 32.4 Å². The Kier molecular flexibility index (Phi) is 4.34. The smallest absolute Gasteiger partial charge is 0.266 e. The van der Waals surface area contributed by atoms with Crippen LogP contribution in [-0.2, 0) is 16.4 Å². The van der Waals surface area contributed by atoms with Gasteiger partial charge in [-0.25, -0.2) is 13.4 Å². The Morgan fingerprint density at radius 3 is 2.53 bits per heavy atom. The Bertz CT molecular complexity index is 558. The number of aryl methyl sites for hydroxylation is 1. The zero-order valence-electron chi connectivity index (χ0n) is 9.97. The van der Waals surface area contributed by atoms with Crippen LogP contribution in [0.1, 0.15) is 20.8 Å². The van der Waals surface area contributed by atoms with Crippen molar-refractivity contribution in [1.29, 1.82) is 0 Å². The van der Waals surface area contributed by atoms with Crippen LogP contribution in [0, 0.1) is 3.57 Å². The predicted molar refractivity (Wildman–Crippen MR) is 74.8 cm³/mol. The molecule has 5 nitrogen and oxygen atoms in total. The summed E-state index contributed by atoms with van der Waals surface area (Å²) in [6.45, 7) is 5.09. The summed E-state index contributed by atoms with van der Waals surface area (Å²) in [5.41, 5.74) is -0.204. The highest BCUT2D eigenvalue weighted by atomic mass is 127. The molecule has 0 atom stereocenters. The van der Waals surface area contributed by atoms with E-state index in [4.69, 9.17) is 0 Å². The number of hydrogen-bond donors (Lipinski definition) is 0. The first-order chi connectivity index (χ1) is 7.65. The van der Waals surface area contributed by atoms with Gasteiger partial charge in [0.05, 0.1) is 20.4 Å². The van der Waals surface area contributed by atoms with Gasteiger partial charge in [-0.05, 0) is 43.4 Å². The summed E-state index contributed by atoms with van der Waals surface area (Å²) in [5, 5.41) is 0. The third kappa shape index (κ3) is 3.51. The van der Waals surface area contributed by atoms with Crippen molar-refractivity contribution in [3.05, 3.63) is 26.4 Å². The van der Waals surface area contributed by atoms with E-state index in [0.717, 1.165) is 0 Å². The molecule has 0 bridgehead atoms. The van der Waals surface area contributed by atoms with E-state index in [1.807, 2.05) is 22.6 Å². The minimum Gasteiger partial charge on any atom is -0.297 e. The Labute approximate surface area is 114 Å². The van der Waals surface area contributed by atoms with E-state index in [2.05, 4.69) is 4.98 Å². The van der Waals surface area contributed by atoms with Gasteiger partial charge >= 0.3 is 0 Å². The SMILES string of the molecule is CC(C)(C)S(=O)(=O)CCn1cncc(I)c1=O. The second-order valence-electron chi connectivity index (χ2n) is 4.67. The van der Waals surface area contributed by atoms with Gasteiger partial charge in [-0.3, -0.25) is 9.36 Å². The van der Waals surface area contributed by atoms with Gasteiger partial charge in [-0.1, -0.05) is 0 Å². The molecule has 0 saturated carbocycles. The molecular formula is C10H15IN2O3S. The Hall–Kier alpha value is -0.440. The lowest BCUT2D eigenvalue weighted by molar-refractivity contribution is 0.551. The molecule has 0 radical (unpaired) electrons. The first-order valence-electron chi connectivity index (χ1n) is 5.07. The molecule has 0 fully saturated rings. The van der Waals surface area contributed by atoms with Crippen molar-refractivity contribution in [2.45, 2.75) is 32.1 Å². The summed E-state index contributed by atoms with van der Waals surface area (Å²) in [7, 11) is -3.22. The van der Waals surface area contributed by atoms with Gasteiger partial charge in [0.2, 0.25) is 0 Å². The third-order valence-corrected chi connectivity index (χ3v) is 5.72. The highest BCUT2D eigenvalue weighted by molar-refractivity contribution is 14.1. The molecule has 1 aromatic heterocycles. The van der Waals surface area contributed by atoms with Crippen molar-refractivity contribution in [3.63, 3.8) is 0 Å². The van der Waals surface area contributed by atoms with Crippen LogP contribution in [0.25, 0.3) is 0 Å². The molecule has 0 aliphatic carbocycles. The number of aromatic nitrogens is 2. The Balaban J connectivity index is 2.90. The predicted octanol–water partition coefficient (Wildman–Crippen LogP) is 1.06. The molecule has 1 aromatic rings. The lowest BCUT2D eigenvalue weighted by Gasteiger charge is -2.19. The van der Waals surface area contributed by atoms with Gasteiger partial charge in [0.15, 0.2) is 9.84 Å². The zero-order valence-corrected chi connectivity index (χ0v) is 12.9. The lowest BCUT2D eigenvalue weighted by atomic mass is 10.3. The maximum atomic E-state index is 11.9. The molecule has 96 valence electrons. The second-order valence-corrected chi connectivity index (χ2v) is 8.70. The molecule has 0 aliphatic heterocycles. The normalized spacial score (nSPS) is 12.7. The first kappa shape index (κ1) is 14.6. The molecule has 0 saturated heterocycles. The van der Waals surface area contributed by atoms with Crippen LogP contribution in [0.4, 0.5) is 0 Å². The summed E-state index contributed by atoms with van der Waals surface area (Å²) < 4.78 is 24.8. The average Bonchev–Trinajstić information content (AvgIpc) is 2.18. The number of nitrogens with zero attached hydrogens (tertiary/aromatic N) is 2. The fourth-order valence-electron chi connectivity index (χ4n) is 1.11. The van der Waals surface area contributed by atoms with E-state index < -0.39 is 14.6 Å². The third-order valence-electron chi connectivity index (χ3n) is 2.39. The summed E-state index contributed by atoms with van der Waals surface area (Å²) in [5.74, 6) is -0.0574. The van der Waals surface area contributed by atoms with Crippen molar-refractivity contribution in [2.24, 2.45) is 0 Å². The maximum absolute atomic E-state index is 11.9. The maximum Gasteiger partial charge on any atom is 0.266 e. The highest BCUT2D eigenvalue weighted by Crippen LogP contribution is 2.15. The van der Waals surface area contributed by atoms with E-state index in [0.29, 0.717) is 3.57 Å². The summed E-state index contributed by atoms with van der Waals surface area (Å²) in [6, 6.07) is 0. The molecule has 0 aliphatic rings. The molecule has 0 amide bonds. The zero-order chi connectivity index (χ0) is 13.3. The largest absolute Gasteiger partial charge is 0.297 e. The summed E-state index contributed by atoms with van der Waals surface area (Å²) in [6.07, 6.45) is 2.82. The molecule has 0 unspecified atom stereocenters. The Morgan fingerprint density at radius 2 is 2.00 bits per heavy atom. The van der Waals surface area contributed by atoms with Crippen LogP contribution in [-0.4, -0.2) is 28.5 Å². The van der Waals surface area contributed by atoms with Crippen molar-refractivity contribution in [3.8, 4) is 0 Å². The van der Waals surface area contributed by atoms with Crippen LogP contribution < -0.4 is 5.56 Å². The van der Waals surface area contributed by atoms with Gasteiger partial charge < -0.3 is 0 Å². The molecule has 0 N–H and O–H groups in total. The van der Waals surface area contributed by atoms with Crippen LogP contribution in [0.15, 0.2) is 17.3 Å². The lowest BCUT2D eigenvalue weighted by Crippen LogP contribution is -2.34. The highest BCUT2D eigenvalue weighted by Gasteiger charge is 2.28. The number of rotatable bonds is 3. The van der Waals surface area contributed by atoms with Crippen LogP contribution in [0.3, 0.4) is 0 Å². The second kappa shape index (κ2) is 5.05. The molecule has 0 spiro atoms. The monoisotopic (exact) mass is 370 g/mol.